The largest absolute Gasteiger partial charge is 0.390 e. The van der Waals surface area contributed by atoms with Gasteiger partial charge in [-0.3, -0.25) is 15.1 Å². The number of halogens is 2. The van der Waals surface area contributed by atoms with Crippen molar-refractivity contribution in [1.29, 1.82) is 0 Å². The highest BCUT2D eigenvalue weighted by Gasteiger charge is 2.34. The van der Waals surface area contributed by atoms with E-state index in [4.69, 9.17) is 5.73 Å². The van der Waals surface area contributed by atoms with Gasteiger partial charge in [-0.05, 0) is 18.2 Å². The first kappa shape index (κ1) is 20.9. The van der Waals surface area contributed by atoms with Crippen LogP contribution in [-0.2, 0) is 5.60 Å². The zero-order valence-electron chi connectivity index (χ0n) is 15.0. The van der Waals surface area contributed by atoms with E-state index < -0.39 is 22.2 Å². The lowest BCUT2D eigenvalue weighted by Crippen LogP contribution is -2.42. The Hall–Kier alpha value is -3.40. The summed E-state index contributed by atoms with van der Waals surface area (Å²) < 4.78 is 27.6. The third kappa shape index (κ3) is 5.07. The number of nitro groups is 1. The van der Waals surface area contributed by atoms with Crippen LogP contribution < -0.4 is 10.6 Å². The zero-order valence-corrected chi connectivity index (χ0v) is 15.0. The average molecular weight is 391 g/mol. The molecule has 0 bridgehead atoms. The van der Waals surface area contributed by atoms with Crippen LogP contribution in [0, 0.1) is 21.7 Å². The van der Waals surface area contributed by atoms with Gasteiger partial charge in [-0.25, -0.2) is 13.8 Å². The molecule has 0 spiro atoms. The molecule has 0 aliphatic rings. The van der Waals surface area contributed by atoms with Crippen LogP contribution in [0.5, 0.6) is 0 Å². The number of nitrogens with two attached hydrogens (primary N) is 1. The number of anilines is 1. The number of aliphatic imine (C=N–C) groups is 2. The van der Waals surface area contributed by atoms with E-state index in [1.54, 1.807) is 11.9 Å². The molecule has 10 heteroatoms. The van der Waals surface area contributed by atoms with Crippen molar-refractivity contribution < 1.29 is 18.8 Å². The topological polar surface area (TPSA) is 117 Å². The van der Waals surface area contributed by atoms with Gasteiger partial charge >= 0.3 is 0 Å². The van der Waals surface area contributed by atoms with Gasteiger partial charge < -0.3 is 15.7 Å². The molecule has 1 unspecified atom stereocenters. The lowest BCUT2D eigenvalue weighted by atomic mass is 9.92. The maximum Gasteiger partial charge on any atom is 0.269 e. The highest BCUT2D eigenvalue weighted by Crippen LogP contribution is 2.28. The van der Waals surface area contributed by atoms with E-state index in [0.29, 0.717) is 11.8 Å². The normalized spacial score (nSPS) is 13.7. The fourth-order valence-corrected chi connectivity index (χ4v) is 2.68. The summed E-state index contributed by atoms with van der Waals surface area (Å²) in [7, 11) is 1.62. The number of nitro benzene ring substituents is 1. The van der Waals surface area contributed by atoms with Gasteiger partial charge in [-0.15, -0.1) is 0 Å². The molecule has 1 atom stereocenters. The number of aliphatic hydroxyl groups is 1. The summed E-state index contributed by atoms with van der Waals surface area (Å²) in [6.45, 7) is -0.402. The molecule has 8 nitrogen and oxygen atoms in total. The molecule has 0 aliphatic heterocycles. The maximum atomic E-state index is 14.3. The van der Waals surface area contributed by atoms with E-state index >= 15 is 0 Å². The fraction of sp³-hybridized carbons (Fsp3) is 0.222. The smallest absolute Gasteiger partial charge is 0.269 e. The van der Waals surface area contributed by atoms with E-state index in [1.165, 1.54) is 24.3 Å². The Morgan fingerprint density at radius 2 is 1.96 bits per heavy atom. The summed E-state index contributed by atoms with van der Waals surface area (Å²) in [5.41, 5.74) is 3.62. The van der Waals surface area contributed by atoms with Crippen LogP contribution in [0.1, 0.15) is 5.56 Å². The zero-order chi connectivity index (χ0) is 20.7. The maximum absolute atomic E-state index is 14.3. The summed E-state index contributed by atoms with van der Waals surface area (Å²) in [4.78, 5) is 19.3. The molecule has 0 fully saturated rings. The van der Waals surface area contributed by atoms with Gasteiger partial charge in [0.25, 0.3) is 5.69 Å². The number of non-ortho nitro benzene ring substituents is 1. The lowest BCUT2D eigenvalue weighted by Gasteiger charge is -2.33. The summed E-state index contributed by atoms with van der Waals surface area (Å²) in [6.07, 6.45) is 2.11. The minimum absolute atomic E-state index is 0.0822. The van der Waals surface area contributed by atoms with Gasteiger partial charge in [0, 0.05) is 36.5 Å². The second kappa shape index (κ2) is 9.00. The second-order valence-electron chi connectivity index (χ2n) is 6.04. The van der Waals surface area contributed by atoms with Crippen LogP contribution in [-0.4, -0.2) is 42.8 Å². The molecule has 0 amide bonds. The predicted octanol–water partition coefficient (Wildman–Crippen LogP) is 2.21. The Morgan fingerprint density at radius 3 is 2.54 bits per heavy atom. The molecular formula is C18H19F2N5O3. The molecule has 0 aliphatic carbocycles. The van der Waals surface area contributed by atoms with Gasteiger partial charge in [-0.1, -0.05) is 6.07 Å². The standard InChI is InChI=1S/C18H19F2N5O3/c1-24(14-3-5-15(6-4-14)25(27)28)10-18(26,9-22-12-23-11-21)16-7-2-13(19)8-17(16)20/h2-8,11-12,26H,9-10H2,1H3,(H2,21,22,23). The van der Waals surface area contributed by atoms with E-state index in [-0.39, 0.29) is 24.3 Å². The average Bonchev–Trinajstić information content (AvgIpc) is 2.65. The summed E-state index contributed by atoms with van der Waals surface area (Å²) in [5, 5.41) is 21.9. The molecular weight excluding hydrogens is 372 g/mol. The first-order chi connectivity index (χ1) is 13.3. The third-order valence-corrected chi connectivity index (χ3v) is 4.02. The number of rotatable bonds is 8. The third-order valence-electron chi connectivity index (χ3n) is 4.02. The molecule has 0 saturated heterocycles. The Bertz CT molecular complexity index is 889. The number of hydrogen-bond acceptors (Lipinski definition) is 5. The van der Waals surface area contributed by atoms with Crippen molar-refractivity contribution in [2.45, 2.75) is 5.60 Å². The SMILES string of the molecule is CN(CC(O)(CN=CN=CN)c1ccc(F)cc1F)c1ccc([N+](=O)[O-])cc1. The van der Waals surface area contributed by atoms with Gasteiger partial charge in [0.2, 0.25) is 0 Å². The minimum atomic E-state index is -1.82. The highest BCUT2D eigenvalue weighted by molar-refractivity contribution is 5.69. The fourth-order valence-electron chi connectivity index (χ4n) is 2.68. The van der Waals surface area contributed by atoms with Crippen LogP contribution in [0.2, 0.25) is 0 Å². The van der Waals surface area contributed by atoms with Crippen molar-refractivity contribution in [3.8, 4) is 0 Å². The molecule has 2 rings (SSSR count). The van der Waals surface area contributed by atoms with Crippen molar-refractivity contribution >= 4 is 24.1 Å². The number of benzene rings is 2. The Morgan fingerprint density at radius 1 is 1.29 bits per heavy atom. The molecule has 28 heavy (non-hydrogen) atoms. The van der Waals surface area contributed by atoms with Crippen molar-refractivity contribution in [2.24, 2.45) is 15.7 Å². The predicted molar refractivity (Wildman–Crippen MR) is 103 cm³/mol. The lowest BCUT2D eigenvalue weighted by molar-refractivity contribution is -0.384. The van der Waals surface area contributed by atoms with Crippen LogP contribution in [0.15, 0.2) is 52.4 Å². The van der Waals surface area contributed by atoms with Crippen molar-refractivity contribution in [3.05, 3.63) is 69.8 Å². The molecule has 2 aromatic carbocycles. The van der Waals surface area contributed by atoms with Crippen molar-refractivity contribution in [3.63, 3.8) is 0 Å². The van der Waals surface area contributed by atoms with Crippen LogP contribution in [0.25, 0.3) is 0 Å². The van der Waals surface area contributed by atoms with Crippen LogP contribution in [0.3, 0.4) is 0 Å². The van der Waals surface area contributed by atoms with Gasteiger partial charge in [0.1, 0.15) is 23.6 Å². The van der Waals surface area contributed by atoms with Crippen molar-refractivity contribution in [2.75, 3.05) is 25.0 Å². The number of nitrogens with zero attached hydrogens (tertiary/aromatic N) is 4. The van der Waals surface area contributed by atoms with E-state index in [0.717, 1.165) is 24.8 Å². The second-order valence-corrected chi connectivity index (χ2v) is 6.04. The summed E-state index contributed by atoms with van der Waals surface area (Å²) in [6, 6.07) is 8.50. The Balaban J connectivity index is 2.33. The summed E-state index contributed by atoms with van der Waals surface area (Å²) >= 11 is 0. The first-order valence-corrected chi connectivity index (χ1v) is 8.12. The number of hydrogen-bond donors (Lipinski definition) is 2. The van der Waals surface area contributed by atoms with E-state index in [1.807, 2.05) is 0 Å². The summed E-state index contributed by atoms with van der Waals surface area (Å²) in [5.74, 6) is -1.69. The van der Waals surface area contributed by atoms with Gasteiger partial charge in [0.05, 0.1) is 24.4 Å². The van der Waals surface area contributed by atoms with Crippen LogP contribution >= 0.6 is 0 Å². The number of likely N-dealkylation sites (N-methyl/N-ethyl adjacent to an activating group) is 1. The molecule has 0 heterocycles. The molecule has 0 aromatic heterocycles. The van der Waals surface area contributed by atoms with Gasteiger partial charge in [-0.2, -0.15) is 0 Å². The molecule has 148 valence electrons. The van der Waals surface area contributed by atoms with E-state index in [2.05, 4.69) is 9.98 Å². The first-order valence-electron chi connectivity index (χ1n) is 8.12. The Labute approximate surface area is 159 Å². The van der Waals surface area contributed by atoms with E-state index in [9.17, 15) is 24.0 Å². The molecule has 3 N–H and O–H groups in total. The minimum Gasteiger partial charge on any atom is -0.390 e. The molecule has 0 radical (unpaired) electrons. The monoisotopic (exact) mass is 391 g/mol. The quantitative estimate of drug-likeness (QED) is 0.310. The molecule has 2 aromatic rings. The van der Waals surface area contributed by atoms with Crippen molar-refractivity contribution in [1.82, 2.24) is 0 Å². The van der Waals surface area contributed by atoms with Gasteiger partial charge in [0.15, 0.2) is 0 Å². The Kier molecular flexibility index (Phi) is 6.72. The molecule has 0 saturated carbocycles. The van der Waals surface area contributed by atoms with Crippen LogP contribution in [0.4, 0.5) is 20.2 Å². The highest BCUT2D eigenvalue weighted by atomic mass is 19.1.